The zero-order valence-corrected chi connectivity index (χ0v) is 16.4. The first-order valence-electron chi connectivity index (χ1n) is 8.94. The number of nitrogens with one attached hydrogen (secondary N) is 1. The van der Waals surface area contributed by atoms with Crippen LogP contribution in [-0.2, 0) is 11.2 Å². The molecule has 0 aliphatic heterocycles. The summed E-state index contributed by atoms with van der Waals surface area (Å²) in [6.45, 7) is 4.26. The third kappa shape index (κ3) is 4.49. The van der Waals surface area contributed by atoms with Crippen molar-refractivity contribution in [2.75, 3.05) is 19.5 Å². The molecule has 3 rings (SSSR count). The minimum Gasteiger partial charge on any atom is -0.497 e. The molecule has 1 heterocycles. The highest BCUT2D eigenvalue weighted by atomic mass is 16.5. The average molecular weight is 381 g/mol. The summed E-state index contributed by atoms with van der Waals surface area (Å²) >= 11 is 0. The summed E-state index contributed by atoms with van der Waals surface area (Å²) in [6.07, 6.45) is 0.221. The first-order valence-corrected chi connectivity index (χ1v) is 8.94. The van der Waals surface area contributed by atoms with E-state index in [0.717, 1.165) is 5.56 Å². The zero-order chi connectivity index (χ0) is 20.1. The van der Waals surface area contributed by atoms with Gasteiger partial charge in [0.25, 0.3) is 5.89 Å². The molecule has 0 spiro atoms. The molecule has 1 amide bonds. The summed E-state index contributed by atoms with van der Waals surface area (Å²) in [5.41, 5.74) is 2.73. The van der Waals surface area contributed by atoms with E-state index < -0.39 is 0 Å². The van der Waals surface area contributed by atoms with Crippen LogP contribution in [0.5, 0.6) is 11.5 Å². The van der Waals surface area contributed by atoms with Crippen LogP contribution >= 0.6 is 0 Å². The molecule has 0 aliphatic carbocycles. The van der Waals surface area contributed by atoms with Gasteiger partial charge in [0.05, 0.1) is 26.2 Å². The van der Waals surface area contributed by atoms with Crippen LogP contribution in [0.25, 0.3) is 11.5 Å². The van der Waals surface area contributed by atoms with Gasteiger partial charge in [-0.25, -0.2) is 0 Å². The first-order chi connectivity index (χ1) is 13.5. The van der Waals surface area contributed by atoms with Gasteiger partial charge in [-0.2, -0.15) is 0 Å². The van der Waals surface area contributed by atoms with Crippen LogP contribution in [0.4, 0.5) is 6.01 Å². The standard InChI is InChI=1S/C21H23N3O4/c1-13(2)15-7-5-14(6-8-15)11-19(25)22-21-24-23-20(28-21)17-12-16(26-3)9-10-18(17)27-4/h5-10,12-13H,11H2,1-4H3,(H,22,24,25). The van der Waals surface area contributed by atoms with Gasteiger partial charge in [-0.1, -0.05) is 43.2 Å². The van der Waals surface area contributed by atoms with E-state index in [9.17, 15) is 4.79 Å². The number of benzene rings is 2. The highest BCUT2D eigenvalue weighted by molar-refractivity contribution is 5.90. The SMILES string of the molecule is COc1ccc(OC)c(-c2nnc(NC(=O)Cc3ccc(C(C)C)cc3)o2)c1. The molecule has 146 valence electrons. The molecule has 2 aromatic carbocycles. The number of carbonyl (C=O) groups excluding carboxylic acids is 1. The lowest BCUT2D eigenvalue weighted by Gasteiger charge is -2.07. The van der Waals surface area contributed by atoms with Gasteiger partial charge < -0.3 is 13.9 Å². The number of methoxy groups -OCH3 is 2. The number of hydrogen-bond donors (Lipinski definition) is 1. The molecule has 0 bridgehead atoms. The molecule has 28 heavy (non-hydrogen) atoms. The lowest BCUT2D eigenvalue weighted by atomic mass is 10.0. The van der Waals surface area contributed by atoms with Gasteiger partial charge in [-0.05, 0) is 35.2 Å². The predicted octanol–water partition coefficient (Wildman–Crippen LogP) is 4.06. The van der Waals surface area contributed by atoms with Crippen molar-refractivity contribution in [1.82, 2.24) is 10.2 Å². The number of nitrogens with zero attached hydrogens (tertiary/aromatic N) is 2. The van der Waals surface area contributed by atoms with Crippen LogP contribution in [0, 0.1) is 0 Å². The fourth-order valence-corrected chi connectivity index (χ4v) is 2.73. The third-order valence-corrected chi connectivity index (χ3v) is 4.32. The Labute approximate surface area is 163 Å². The third-order valence-electron chi connectivity index (χ3n) is 4.32. The van der Waals surface area contributed by atoms with Crippen LogP contribution in [0.15, 0.2) is 46.9 Å². The van der Waals surface area contributed by atoms with Gasteiger partial charge in [-0.3, -0.25) is 10.1 Å². The predicted molar refractivity (Wildman–Crippen MR) is 106 cm³/mol. The monoisotopic (exact) mass is 381 g/mol. The summed E-state index contributed by atoms with van der Waals surface area (Å²) in [7, 11) is 3.12. The van der Waals surface area contributed by atoms with Crippen LogP contribution in [0.2, 0.25) is 0 Å². The molecule has 0 atom stereocenters. The maximum absolute atomic E-state index is 12.3. The van der Waals surface area contributed by atoms with E-state index in [1.54, 1.807) is 32.4 Å². The quantitative estimate of drug-likeness (QED) is 0.664. The van der Waals surface area contributed by atoms with Crippen molar-refractivity contribution in [3.63, 3.8) is 0 Å². The number of hydrogen-bond acceptors (Lipinski definition) is 6. The second-order valence-electron chi connectivity index (χ2n) is 6.60. The van der Waals surface area contributed by atoms with Crippen LogP contribution in [0.3, 0.4) is 0 Å². The lowest BCUT2D eigenvalue weighted by Crippen LogP contribution is -2.14. The van der Waals surface area contributed by atoms with E-state index in [4.69, 9.17) is 13.9 Å². The molecule has 1 N–H and O–H groups in total. The number of aromatic nitrogens is 2. The van der Waals surface area contributed by atoms with Crippen LogP contribution < -0.4 is 14.8 Å². The number of amides is 1. The molecular formula is C21H23N3O4. The molecule has 0 saturated heterocycles. The second-order valence-corrected chi connectivity index (χ2v) is 6.60. The van der Waals surface area contributed by atoms with Crippen LogP contribution in [0.1, 0.15) is 30.9 Å². The second kappa shape index (κ2) is 8.56. The van der Waals surface area contributed by atoms with Gasteiger partial charge >= 0.3 is 6.01 Å². The Morgan fingerprint density at radius 2 is 1.82 bits per heavy atom. The van der Waals surface area contributed by atoms with Crippen molar-refractivity contribution < 1.29 is 18.7 Å². The fraction of sp³-hybridized carbons (Fsp3) is 0.286. The Hall–Kier alpha value is -3.35. The number of ether oxygens (including phenoxy) is 2. The Morgan fingerprint density at radius 1 is 1.07 bits per heavy atom. The maximum Gasteiger partial charge on any atom is 0.322 e. The lowest BCUT2D eigenvalue weighted by molar-refractivity contribution is -0.115. The van der Waals surface area contributed by atoms with Gasteiger partial charge in [0, 0.05) is 0 Å². The Morgan fingerprint density at radius 3 is 2.46 bits per heavy atom. The van der Waals surface area contributed by atoms with E-state index in [1.807, 2.05) is 24.3 Å². The topological polar surface area (TPSA) is 86.5 Å². The average Bonchev–Trinajstić information content (AvgIpc) is 3.15. The van der Waals surface area contributed by atoms with E-state index in [-0.39, 0.29) is 24.2 Å². The molecule has 7 nitrogen and oxygen atoms in total. The van der Waals surface area contributed by atoms with Crippen LogP contribution in [-0.4, -0.2) is 30.3 Å². The number of rotatable bonds is 7. The summed E-state index contributed by atoms with van der Waals surface area (Å²) in [4.78, 5) is 12.3. The minimum atomic E-state index is -0.231. The molecule has 0 fully saturated rings. The molecule has 7 heteroatoms. The zero-order valence-electron chi connectivity index (χ0n) is 16.4. The molecule has 0 unspecified atom stereocenters. The summed E-state index contributed by atoms with van der Waals surface area (Å²) in [5, 5.41) is 10.5. The molecule has 0 saturated carbocycles. The van der Waals surface area contributed by atoms with Crippen molar-refractivity contribution in [3.8, 4) is 23.0 Å². The minimum absolute atomic E-state index is 0.0312. The van der Waals surface area contributed by atoms with Gasteiger partial charge in [0.2, 0.25) is 5.91 Å². The van der Waals surface area contributed by atoms with E-state index in [0.29, 0.717) is 23.0 Å². The smallest absolute Gasteiger partial charge is 0.322 e. The Bertz CT molecular complexity index is 949. The highest BCUT2D eigenvalue weighted by Crippen LogP contribution is 2.33. The normalized spacial score (nSPS) is 10.8. The van der Waals surface area contributed by atoms with Gasteiger partial charge in [0.1, 0.15) is 11.5 Å². The van der Waals surface area contributed by atoms with Crippen molar-refractivity contribution in [2.24, 2.45) is 0 Å². The van der Waals surface area contributed by atoms with Gasteiger partial charge in [0.15, 0.2) is 0 Å². The Balaban J connectivity index is 1.70. The van der Waals surface area contributed by atoms with Crippen molar-refractivity contribution in [1.29, 1.82) is 0 Å². The van der Waals surface area contributed by atoms with Gasteiger partial charge in [-0.15, -0.1) is 5.10 Å². The molecule has 1 aromatic heterocycles. The summed E-state index contributed by atoms with van der Waals surface area (Å²) < 4.78 is 16.1. The number of carbonyl (C=O) groups is 1. The van der Waals surface area contributed by atoms with Crippen molar-refractivity contribution >= 4 is 11.9 Å². The summed E-state index contributed by atoms with van der Waals surface area (Å²) in [6, 6.07) is 13.3. The van der Waals surface area contributed by atoms with E-state index >= 15 is 0 Å². The van der Waals surface area contributed by atoms with Crippen molar-refractivity contribution in [3.05, 3.63) is 53.6 Å². The molecule has 3 aromatic rings. The molecular weight excluding hydrogens is 358 g/mol. The largest absolute Gasteiger partial charge is 0.497 e. The van der Waals surface area contributed by atoms with E-state index in [2.05, 4.69) is 29.4 Å². The summed E-state index contributed by atoms with van der Waals surface area (Å²) in [5.74, 6) is 1.64. The highest BCUT2D eigenvalue weighted by Gasteiger charge is 2.16. The molecule has 0 radical (unpaired) electrons. The van der Waals surface area contributed by atoms with Crippen molar-refractivity contribution in [2.45, 2.75) is 26.2 Å². The molecule has 0 aliphatic rings. The maximum atomic E-state index is 12.3. The number of anilines is 1. The van der Waals surface area contributed by atoms with E-state index in [1.165, 1.54) is 5.56 Å². The fourth-order valence-electron chi connectivity index (χ4n) is 2.73. The first kappa shape index (κ1) is 19.4. The Kier molecular flexibility index (Phi) is 5.93.